The zero-order valence-electron chi connectivity index (χ0n) is 10.9. The summed E-state index contributed by atoms with van der Waals surface area (Å²) in [5, 5.41) is 11.5. The van der Waals surface area contributed by atoms with E-state index in [0.29, 0.717) is 26.1 Å². The Hall–Kier alpha value is -1.79. The number of urea groups is 1. The molecule has 1 rings (SSSR count). The van der Waals surface area contributed by atoms with Gasteiger partial charge >= 0.3 is 12.0 Å². The highest BCUT2D eigenvalue weighted by Gasteiger charge is 2.24. The number of carbonyl (C=O) groups excluding carboxylic acids is 2. The first kappa shape index (κ1) is 15.3. The van der Waals surface area contributed by atoms with Crippen molar-refractivity contribution in [3.63, 3.8) is 0 Å². The smallest absolute Gasteiger partial charge is 0.317 e. The zero-order chi connectivity index (χ0) is 14.3. The monoisotopic (exact) mass is 271 g/mol. The number of rotatable bonds is 6. The number of amides is 3. The van der Waals surface area contributed by atoms with Crippen LogP contribution in [0.3, 0.4) is 0 Å². The molecular formula is C12H21N3O4. The summed E-state index contributed by atoms with van der Waals surface area (Å²) in [6.07, 6.45) is 2.55. The molecule has 1 heterocycles. The van der Waals surface area contributed by atoms with Gasteiger partial charge in [-0.1, -0.05) is 0 Å². The van der Waals surface area contributed by atoms with Crippen molar-refractivity contribution in [2.45, 2.75) is 32.1 Å². The fourth-order valence-electron chi connectivity index (χ4n) is 2.23. The Balaban J connectivity index is 2.27. The first-order valence-electron chi connectivity index (χ1n) is 6.52. The molecule has 1 saturated heterocycles. The Morgan fingerprint density at radius 2 is 2.11 bits per heavy atom. The molecule has 7 heteroatoms. The molecule has 1 aliphatic rings. The highest BCUT2D eigenvalue weighted by molar-refractivity contribution is 5.75. The molecule has 1 aliphatic heterocycles. The van der Waals surface area contributed by atoms with E-state index < -0.39 is 5.97 Å². The Labute approximate surface area is 112 Å². The van der Waals surface area contributed by atoms with Gasteiger partial charge in [-0.3, -0.25) is 9.59 Å². The van der Waals surface area contributed by atoms with Crippen LogP contribution < -0.4 is 11.1 Å². The standard InChI is InChI=1S/C12H21N3O4/c13-10(16)4-1-5-14-12(19)15-6-2-3-9(8-15)7-11(17)18/h9H,1-8H2,(H2,13,16)(H,14,19)(H,17,18). The molecule has 3 amide bonds. The second-order valence-electron chi connectivity index (χ2n) is 4.85. The van der Waals surface area contributed by atoms with E-state index in [4.69, 9.17) is 10.8 Å². The summed E-state index contributed by atoms with van der Waals surface area (Å²) in [7, 11) is 0. The van der Waals surface area contributed by atoms with Gasteiger partial charge in [-0.05, 0) is 25.2 Å². The van der Waals surface area contributed by atoms with E-state index in [1.54, 1.807) is 4.90 Å². The van der Waals surface area contributed by atoms with Gasteiger partial charge in [0.2, 0.25) is 5.91 Å². The molecule has 0 bridgehead atoms. The number of carbonyl (C=O) groups is 3. The molecule has 0 saturated carbocycles. The van der Waals surface area contributed by atoms with Crippen molar-refractivity contribution in [1.29, 1.82) is 0 Å². The molecule has 0 aromatic carbocycles. The number of hydrogen-bond acceptors (Lipinski definition) is 3. The van der Waals surface area contributed by atoms with Gasteiger partial charge in [0.15, 0.2) is 0 Å². The van der Waals surface area contributed by atoms with Crippen LogP contribution in [0, 0.1) is 5.92 Å². The lowest BCUT2D eigenvalue weighted by Crippen LogP contribution is -2.46. The maximum Gasteiger partial charge on any atom is 0.317 e. The number of piperidine rings is 1. The molecule has 1 atom stereocenters. The topological polar surface area (TPSA) is 113 Å². The summed E-state index contributed by atoms with van der Waals surface area (Å²) in [4.78, 5) is 34.7. The van der Waals surface area contributed by atoms with Crippen LogP contribution in [-0.2, 0) is 9.59 Å². The van der Waals surface area contributed by atoms with Gasteiger partial charge in [0.05, 0.1) is 0 Å². The number of aliphatic carboxylic acids is 1. The van der Waals surface area contributed by atoms with Crippen molar-refractivity contribution in [3.05, 3.63) is 0 Å². The van der Waals surface area contributed by atoms with Gasteiger partial charge in [-0.2, -0.15) is 0 Å². The molecule has 0 aromatic rings. The summed E-state index contributed by atoms with van der Waals surface area (Å²) >= 11 is 0. The minimum absolute atomic E-state index is 0.0302. The van der Waals surface area contributed by atoms with E-state index in [0.717, 1.165) is 12.8 Å². The predicted octanol–water partition coefficient (Wildman–Crippen LogP) is 0.148. The van der Waals surface area contributed by atoms with Crippen molar-refractivity contribution in [2.24, 2.45) is 11.7 Å². The number of nitrogens with one attached hydrogen (secondary N) is 1. The van der Waals surface area contributed by atoms with Crippen molar-refractivity contribution in [2.75, 3.05) is 19.6 Å². The van der Waals surface area contributed by atoms with Crippen molar-refractivity contribution >= 4 is 17.9 Å². The van der Waals surface area contributed by atoms with Crippen LogP contribution >= 0.6 is 0 Å². The fraction of sp³-hybridized carbons (Fsp3) is 0.750. The summed E-state index contributed by atoms with van der Waals surface area (Å²) in [5.41, 5.74) is 5.00. The summed E-state index contributed by atoms with van der Waals surface area (Å²) < 4.78 is 0. The molecule has 0 radical (unpaired) electrons. The first-order chi connectivity index (χ1) is 8.99. The lowest BCUT2D eigenvalue weighted by Gasteiger charge is -2.32. The second-order valence-corrected chi connectivity index (χ2v) is 4.85. The van der Waals surface area contributed by atoms with Gasteiger partial charge in [0.25, 0.3) is 0 Å². The van der Waals surface area contributed by atoms with E-state index >= 15 is 0 Å². The second kappa shape index (κ2) is 7.60. The maximum absolute atomic E-state index is 11.8. The number of nitrogens with two attached hydrogens (primary N) is 1. The molecule has 0 aliphatic carbocycles. The van der Waals surface area contributed by atoms with Gasteiger partial charge < -0.3 is 21.1 Å². The van der Waals surface area contributed by atoms with E-state index in [-0.39, 0.29) is 30.7 Å². The lowest BCUT2D eigenvalue weighted by molar-refractivity contribution is -0.138. The van der Waals surface area contributed by atoms with Crippen molar-refractivity contribution in [3.8, 4) is 0 Å². The first-order valence-corrected chi connectivity index (χ1v) is 6.52. The van der Waals surface area contributed by atoms with Crippen LogP contribution in [0.5, 0.6) is 0 Å². The van der Waals surface area contributed by atoms with Gasteiger partial charge in [0.1, 0.15) is 0 Å². The summed E-state index contributed by atoms with van der Waals surface area (Å²) in [5.74, 6) is -1.18. The molecule has 0 aromatic heterocycles. The molecular weight excluding hydrogens is 250 g/mol. The Morgan fingerprint density at radius 1 is 1.37 bits per heavy atom. The quantitative estimate of drug-likeness (QED) is 0.597. The third-order valence-electron chi connectivity index (χ3n) is 3.15. The van der Waals surface area contributed by atoms with E-state index in [1.807, 2.05) is 0 Å². The highest BCUT2D eigenvalue weighted by atomic mass is 16.4. The minimum atomic E-state index is -0.825. The van der Waals surface area contributed by atoms with Crippen LogP contribution in [0.2, 0.25) is 0 Å². The van der Waals surface area contributed by atoms with Crippen LogP contribution in [0.15, 0.2) is 0 Å². The zero-order valence-corrected chi connectivity index (χ0v) is 10.9. The number of hydrogen-bond donors (Lipinski definition) is 3. The van der Waals surface area contributed by atoms with Crippen molar-refractivity contribution < 1.29 is 19.5 Å². The molecule has 19 heavy (non-hydrogen) atoms. The van der Waals surface area contributed by atoms with Gasteiger partial charge in [-0.15, -0.1) is 0 Å². The fourth-order valence-corrected chi connectivity index (χ4v) is 2.23. The van der Waals surface area contributed by atoms with E-state index in [9.17, 15) is 14.4 Å². The highest BCUT2D eigenvalue weighted by Crippen LogP contribution is 2.19. The van der Waals surface area contributed by atoms with Gasteiger partial charge in [-0.25, -0.2) is 4.79 Å². The molecule has 0 spiro atoms. The maximum atomic E-state index is 11.8. The minimum Gasteiger partial charge on any atom is -0.481 e. The lowest BCUT2D eigenvalue weighted by atomic mass is 9.95. The average Bonchev–Trinajstić information content (AvgIpc) is 2.33. The molecule has 4 N–H and O–H groups in total. The molecule has 108 valence electrons. The number of nitrogens with zero attached hydrogens (tertiary/aromatic N) is 1. The normalized spacial score (nSPS) is 18.9. The molecule has 1 unspecified atom stereocenters. The Morgan fingerprint density at radius 3 is 2.74 bits per heavy atom. The third-order valence-corrected chi connectivity index (χ3v) is 3.15. The number of primary amides is 1. The number of carboxylic acids is 1. The van der Waals surface area contributed by atoms with Crippen LogP contribution in [0.25, 0.3) is 0 Å². The number of likely N-dealkylation sites (tertiary alicyclic amines) is 1. The average molecular weight is 271 g/mol. The SMILES string of the molecule is NC(=O)CCCNC(=O)N1CCCC(CC(=O)O)C1. The van der Waals surface area contributed by atoms with E-state index in [2.05, 4.69) is 5.32 Å². The summed E-state index contributed by atoms with van der Waals surface area (Å²) in [6.45, 7) is 1.54. The largest absolute Gasteiger partial charge is 0.481 e. The van der Waals surface area contributed by atoms with Crippen LogP contribution in [0.1, 0.15) is 32.1 Å². The Bertz CT molecular complexity index is 346. The summed E-state index contributed by atoms with van der Waals surface area (Å²) in [6, 6.07) is -0.195. The number of carboxylic acid groups (broad SMARTS) is 1. The molecule has 1 fully saturated rings. The van der Waals surface area contributed by atoms with Crippen LogP contribution in [-0.4, -0.2) is 47.5 Å². The van der Waals surface area contributed by atoms with Gasteiger partial charge in [0, 0.05) is 32.5 Å². The Kier molecular flexibility index (Phi) is 6.11. The van der Waals surface area contributed by atoms with Crippen LogP contribution in [0.4, 0.5) is 4.79 Å². The van der Waals surface area contributed by atoms with Crippen molar-refractivity contribution in [1.82, 2.24) is 10.2 Å². The predicted molar refractivity (Wildman–Crippen MR) is 68.4 cm³/mol. The molecule has 7 nitrogen and oxygen atoms in total. The van der Waals surface area contributed by atoms with E-state index in [1.165, 1.54) is 0 Å². The third kappa shape index (κ3) is 6.08.